The van der Waals surface area contributed by atoms with Crippen molar-refractivity contribution in [1.29, 1.82) is 0 Å². The predicted molar refractivity (Wildman–Crippen MR) is 89.3 cm³/mol. The minimum atomic E-state index is -4.63. The molecule has 1 rings (SSSR count). The normalized spacial score (nSPS) is 15.0. The van der Waals surface area contributed by atoms with Crippen molar-refractivity contribution in [2.24, 2.45) is 11.7 Å². The highest BCUT2D eigenvalue weighted by Crippen LogP contribution is 2.15. The maximum atomic E-state index is 12.0. The van der Waals surface area contributed by atoms with Crippen molar-refractivity contribution in [2.45, 2.75) is 38.8 Å². The van der Waals surface area contributed by atoms with Gasteiger partial charge in [-0.25, -0.2) is 4.79 Å². The molecule has 1 aromatic rings. The van der Waals surface area contributed by atoms with Gasteiger partial charge in [0.25, 0.3) is 0 Å². The summed E-state index contributed by atoms with van der Waals surface area (Å²) in [6.07, 6.45) is 0.655. The lowest BCUT2D eigenvalue weighted by molar-refractivity contribution is -0.142. The number of nitrogens with two attached hydrogens (primary N) is 1. The van der Waals surface area contributed by atoms with Crippen LogP contribution >= 0.6 is 0 Å². The molecule has 0 aliphatic rings. The van der Waals surface area contributed by atoms with Crippen LogP contribution in [0.3, 0.4) is 0 Å². The van der Waals surface area contributed by atoms with E-state index in [1.807, 2.05) is 6.92 Å². The van der Waals surface area contributed by atoms with Gasteiger partial charge in [-0.2, -0.15) is 8.42 Å². The molecule has 0 bridgehead atoms. The third-order valence-electron chi connectivity index (χ3n) is 3.74. The summed E-state index contributed by atoms with van der Waals surface area (Å²) in [5, 5.41) is 11.7. The monoisotopic (exact) mass is 374 g/mol. The summed E-state index contributed by atoms with van der Waals surface area (Å²) in [6, 6.07) is 3.38. The van der Waals surface area contributed by atoms with E-state index in [4.69, 9.17) is 10.3 Å². The average molecular weight is 374 g/mol. The Bertz CT molecular complexity index is 703. The molecule has 0 saturated carbocycles. The average Bonchev–Trinajstić information content (AvgIpc) is 2.52. The lowest BCUT2D eigenvalue weighted by atomic mass is 9.98. The molecule has 0 heterocycles. The molecule has 5 N–H and O–H groups in total. The Hall–Kier alpha value is -2.17. The Labute approximate surface area is 146 Å². The molecule has 0 saturated heterocycles. The number of aliphatic carboxylic acids is 1. The molecule has 1 amide bonds. The Kier molecular flexibility index (Phi) is 7.34. The van der Waals surface area contributed by atoms with Crippen LogP contribution in [0.2, 0.25) is 0 Å². The molecule has 0 fully saturated rings. The maximum Gasteiger partial charge on any atom is 0.446 e. The number of carbonyl (C=O) groups excluding carboxylic acids is 1. The maximum absolute atomic E-state index is 12.0. The zero-order valence-corrected chi connectivity index (χ0v) is 14.7. The molecular formula is C15H22N2O7S. The molecule has 140 valence electrons. The second-order valence-corrected chi connectivity index (χ2v) is 6.69. The highest BCUT2D eigenvalue weighted by Gasteiger charge is 2.26. The molecule has 0 aromatic heterocycles. The fourth-order valence-electron chi connectivity index (χ4n) is 2.02. The SMILES string of the molecule is CC[C@H](C)[C@H](N)C(=O)N[C@@H](Cc1ccc(OS(=O)(=O)O)cc1)C(=O)O. The van der Waals surface area contributed by atoms with Crippen LogP contribution < -0.4 is 15.2 Å². The van der Waals surface area contributed by atoms with Crippen LogP contribution in [-0.2, 0) is 26.4 Å². The first kappa shape index (κ1) is 20.9. The van der Waals surface area contributed by atoms with Gasteiger partial charge >= 0.3 is 16.4 Å². The van der Waals surface area contributed by atoms with Crippen LogP contribution in [0.4, 0.5) is 0 Å². The Balaban J connectivity index is 2.78. The second-order valence-electron chi connectivity index (χ2n) is 5.67. The number of hydrogen-bond acceptors (Lipinski definition) is 6. The van der Waals surface area contributed by atoms with Crippen molar-refractivity contribution < 1.29 is 31.8 Å². The highest BCUT2D eigenvalue weighted by molar-refractivity contribution is 7.81. The molecule has 0 unspecified atom stereocenters. The predicted octanol–water partition coefficient (Wildman–Crippen LogP) is 0.354. The van der Waals surface area contributed by atoms with E-state index in [-0.39, 0.29) is 18.1 Å². The van der Waals surface area contributed by atoms with Crippen molar-refractivity contribution in [1.82, 2.24) is 5.32 Å². The second kappa shape index (κ2) is 8.79. The Morgan fingerprint density at radius 3 is 2.28 bits per heavy atom. The van der Waals surface area contributed by atoms with Crippen molar-refractivity contribution >= 4 is 22.3 Å². The van der Waals surface area contributed by atoms with Gasteiger partial charge in [0.2, 0.25) is 5.91 Å². The van der Waals surface area contributed by atoms with Crippen LogP contribution in [0.15, 0.2) is 24.3 Å². The molecule has 10 heteroatoms. The number of hydrogen-bond donors (Lipinski definition) is 4. The van der Waals surface area contributed by atoms with E-state index >= 15 is 0 Å². The fourth-order valence-corrected chi connectivity index (χ4v) is 2.37. The number of carboxylic acids is 1. The largest absolute Gasteiger partial charge is 0.480 e. The Morgan fingerprint density at radius 2 is 1.84 bits per heavy atom. The minimum Gasteiger partial charge on any atom is -0.480 e. The third kappa shape index (κ3) is 7.08. The molecule has 0 aliphatic carbocycles. The van der Waals surface area contributed by atoms with E-state index in [1.54, 1.807) is 6.92 Å². The molecule has 9 nitrogen and oxygen atoms in total. The summed E-state index contributed by atoms with van der Waals surface area (Å²) < 4.78 is 34.1. The number of benzene rings is 1. The van der Waals surface area contributed by atoms with Crippen molar-refractivity contribution in [3.8, 4) is 5.75 Å². The van der Waals surface area contributed by atoms with E-state index < -0.39 is 34.4 Å². The number of carbonyl (C=O) groups is 2. The van der Waals surface area contributed by atoms with Crippen LogP contribution in [0.5, 0.6) is 5.75 Å². The first-order chi connectivity index (χ1) is 11.5. The van der Waals surface area contributed by atoms with Gasteiger partial charge in [0.05, 0.1) is 6.04 Å². The third-order valence-corrected chi connectivity index (χ3v) is 4.14. The smallest absolute Gasteiger partial charge is 0.446 e. The van der Waals surface area contributed by atoms with Crippen molar-refractivity contribution in [3.63, 3.8) is 0 Å². The van der Waals surface area contributed by atoms with Gasteiger partial charge in [0.1, 0.15) is 11.8 Å². The zero-order chi connectivity index (χ0) is 19.2. The van der Waals surface area contributed by atoms with Crippen molar-refractivity contribution in [2.75, 3.05) is 0 Å². The van der Waals surface area contributed by atoms with Gasteiger partial charge in [0, 0.05) is 6.42 Å². The lowest BCUT2D eigenvalue weighted by Crippen LogP contribution is -2.51. The first-order valence-corrected chi connectivity index (χ1v) is 8.94. The van der Waals surface area contributed by atoms with Gasteiger partial charge in [-0.1, -0.05) is 32.4 Å². The van der Waals surface area contributed by atoms with E-state index in [0.29, 0.717) is 12.0 Å². The topological polar surface area (TPSA) is 156 Å². The molecular weight excluding hydrogens is 352 g/mol. The number of rotatable bonds is 9. The molecule has 0 spiro atoms. The van der Waals surface area contributed by atoms with E-state index in [0.717, 1.165) is 0 Å². The van der Waals surface area contributed by atoms with Gasteiger partial charge in [-0.15, -0.1) is 0 Å². The molecule has 0 radical (unpaired) electrons. The summed E-state index contributed by atoms with van der Waals surface area (Å²) in [5.74, 6) is -1.98. The fraction of sp³-hybridized carbons (Fsp3) is 0.467. The lowest BCUT2D eigenvalue weighted by Gasteiger charge is -2.21. The van der Waals surface area contributed by atoms with E-state index in [2.05, 4.69) is 9.50 Å². The van der Waals surface area contributed by atoms with Crippen molar-refractivity contribution in [3.05, 3.63) is 29.8 Å². The molecule has 25 heavy (non-hydrogen) atoms. The van der Waals surface area contributed by atoms with Crippen LogP contribution in [-0.4, -0.2) is 42.0 Å². The van der Waals surface area contributed by atoms with Gasteiger partial charge in [-0.3, -0.25) is 9.35 Å². The van der Waals surface area contributed by atoms with Gasteiger partial charge in [-0.05, 0) is 23.6 Å². The molecule has 1 aromatic carbocycles. The van der Waals surface area contributed by atoms with E-state index in [9.17, 15) is 23.1 Å². The van der Waals surface area contributed by atoms with Crippen LogP contribution in [0.1, 0.15) is 25.8 Å². The molecule has 0 aliphatic heterocycles. The summed E-state index contributed by atoms with van der Waals surface area (Å²) in [4.78, 5) is 23.4. The van der Waals surface area contributed by atoms with E-state index in [1.165, 1.54) is 24.3 Å². The number of carboxylic acid groups (broad SMARTS) is 1. The summed E-state index contributed by atoms with van der Waals surface area (Å²) in [6.45, 7) is 3.68. The number of nitrogens with one attached hydrogen (secondary N) is 1. The van der Waals surface area contributed by atoms with Gasteiger partial charge < -0.3 is 20.3 Å². The zero-order valence-electron chi connectivity index (χ0n) is 13.9. The minimum absolute atomic E-state index is 0.0273. The van der Waals surface area contributed by atoms with Crippen LogP contribution in [0, 0.1) is 5.92 Å². The van der Waals surface area contributed by atoms with Crippen LogP contribution in [0.25, 0.3) is 0 Å². The quantitative estimate of drug-likeness (QED) is 0.451. The highest BCUT2D eigenvalue weighted by atomic mass is 32.3. The summed E-state index contributed by atoms with van der Waals surface area (Å²) >= 11 is 0. The standard InChI is InChI=1S/C15H22N2O7S/c1-3-9(2)13(16)14(18)17-12(15(19)20)8-10-4-6-11(7-5-10)24-25(21,22)23/h4-7,9,12-13H,3,8,16H2,1-2H3,(H,17,18)(H,19,20)(H,21,22,23)/t9-,12-,13-/m0/s1. The van der Waals surface area contributed by atoms with Gasteiger partial charge in [0.15, 0.2) is 0 Å². The molecule has 3 atom stereocenters. The Morgan fingerprint density at radius 1 is 1.28 bits per heavy atom. The summed E-state index contributed by atoms with van der Waals surface area (Å²) in [5.41, 5.74) is 6.31. The number of amides is 1. The first-order valence-electron chi connectivity index (χ1n) is 7.58. The summed E-state index contributed by atoms with van der Waals surface area (Å²) in [7, 11) is -4.63.